The maximum absolute atomic E-state index is 11.4. The SMILES string of the molecule is COCCNC(=O)c1ccnc(C)n1. The van der Waals surface area contributed by atoms with Gasteiger partial charge in [0.1, 0.15) is 11.5 Å². The first-order valence-electron chi connectivity index (χ1n) is 4.31. The first-order chi connectivity index (χ1) is 6.74. The Morgan fingerprint density at radius 2 is 2.43 bits per heavy atom. The van der Waals surface area contributed by atoms with E-state index in [0.29, 0.717) is 24.7 Å². The van der Waals surface area contributed by atoms with Gasteiger partial charge in [-0.3, -0.25) is 4.79 Å². The number of hydrogen-bond acceptors (Lipinski definition) is 4. The number of carbonyl (C=O) groups excluding carboxylic acids is 1. The normalized spacial score (nSPS) is 9.86. The third-order valence-electron chi connectivity index (χ3n) is 1.60. The predicted octanol–water partition coefficient (Wildman–Crippen LogP) is 0.161. The average molecular weight is 195 g/mol. The largest absolute Gasteiger partial charge is 0.383 e. The molecular weight excluding hydrogens is 182 g/mol. The Kier molecular flexibility index (Phi) is 4.00. The quantitative estimate of drug-likeness (QED) is 0.695. The molecule has 76 valence electrons. The highest BCUT2D eigenvalue weighted by Gasteiger charge is 2.05. The van der Waals surface area contributed by atoms with Gasteiger partial charge in [0.15, 0.2) is 0 Å². The van der Waals surface area contributed by atoms with Gasteiger partial charge in [-0.1, -0.05) is 0 Å². The van der Waals surface area contributed by atoms with E-state index >= 15 is 0 Å². The van der Waals surface area contributed by atoms with E-state index in [9.17, 15) is 4.79 Å². The zero-order valence-corrected chi connectivity index (χ0v) is 8.28. The second kappa shape index (κ2) is 5.29. The molecule has 14 heavy (non-hydrogen) atoms. The van der Waals surface area contributed by atoms with Crippen LogP contribution in [-0.2, 0) is 4.74 Å². The molecule has 0 atom stereocenters. The van der Waals surface area contributed by atoms with Crippen molar-refractivity contribution in [1.82, 2.24) is 15.3 Å². The van der Waals surface area contributed by atoms with Crippen molar-refractivity contribution in [3.63, 3.8) is 0 Å². The predicted molar refractivity (Wildman–Crippen MR) is 51.0 cm³/mol. The lowest BCUT2D eigenvalue weighted by Gasteiger charge is -2.03. The lowest BCUT2D eigenvalue weighted by molar-refractivity contribution is 0.0931. The topological polar surface area (TPSA) is 64.1 Å². The number of methoxy groups -OCH3 is 1. The van der Waals surface area contributed by atoms with Crippen molar-refractivity contribution in [3.05, 3.63) is 23.8 Å². The van der Waals surface area contributed by atoms with Gasteiger partial charge in [-0.15, -0.1) is 0 Å². The Morgan fingerprint density at radius 3 is 3.07 bits per heavy atom. The minimum Gasteiger partial charge on any atom is -0.383 e. The molecule has 0 radical (unpaired) electrons. The zero-order valence-electron chi connectivity index (χ0n) is 8.28. The van der Waals surface area contributed by atoms with Crippen molar-refractivity contribution in [2.45, 2.75) is 6.92 Å². The number of nitrogens with one attached hydrogen (secondary N) is 1. The Bertz CT molecular complexity index is 315. The number of amides is 1. The van der Waals surface area contributed by atoms with Gasteiger partial charge in [-0.2, -0.15) is 0 Å². The third-order valence-corrected chi connectivity index (χ3v) is 1.60. The summed E-state index contributed by atoms with van der Waals surface area (Å²) in [6.07, 6.45) is 1.56. The van der Waals surface area contributed by atoms with Crippen molar-refractivity contribution >= 4 is 5.91 Å². The highest BCUT2D eigenvalue weighted by Crippen LogP contribution is 1.93. The van der Waals surface area contributed by atoms with Crippen LogP contribution in [0, 0.1) is 6.92 Å². The van der Waals surface area contributed by atoms with E-state index in [0.717, 1.165) is 0 Å². The van der Waals surface area contributed by atoms with E-state index in [4.69, 9.17) is 4.74 Å². The molecule has 5 nitrogen and oxygen atoms in total. The molecule has 0 saturated carbocycles. The summed E-state index contributed by atoms with van der Waals surface area (Å²) in [6.45, 7) is 2.72. The summed E-state index contributed by atoms with van der Waals surface area (Å²) >= 11 is 0. The van der Waals surface area contributed by atoms with Crippen LogP contribution in [0.15, 0.2) is 12.3 Å². The van der Waals surface area contributed by atoms with E-state index in [-0.39, 0.29) is 5.91 Å². The van der Waals surface area contributed by atoms with Gasteiger partial charge in [0.05, 0.1) is 6.61 Å². The lowest BCUT2D eigenvalue weighted by Crippen LogP contribution is -2.27. The van der Waals surface area contributed by atoms with E-state index in [1.54, 1.807) is 26.3 Å². The van der Waals surface area contributed by atoms with Crippen LogP contribution in [-0.4, -0.2) is 36.1 Å². The number of carbonyl (C=O) groups is 1. The first-order valence-corrected chi connectivity index (χ1v) is 4.31. The molecule has 0 aromatic carbocycles. The minimum absolute atomic E-state index is 0.201. The van der Waals surface area contributed by atoms with Gasteiger partial charge in [-0.05, 0) is 13.0 Å². The number of ether oxygens (including phenoxy) is 1. The van der Waals surface area contributed by atoms with Gasteiger partial charge in [-0.25, -0.2) is 9.97 Å². The molecule has 0 aliphatic heterocycles. The minimum atomic E-state index is -0.201. The van der Waals surface area contributed by atoms with Gasteiger partial charge in [0, 0.05) is 19.9 Å². The molecule has 0 fully saturated rings. The fourth-order valence-corrected chi connectivity index (χ4v) is 0.940. The maximum atomic E-state index is 11.4. The molecule has 0 saturated heterocycles. The number of rotatable bonds is 4. The number of nitrogens with zero attached hydrogens (tertiary/aromatic N) is 2. The zero-order chi connectivity index (χ0) is 10.4. The summed E-state index contributed by atoms with van der Waals surface area (Å²) < 4.78 is 4.80. The Hall–Kier alpha value is -1.49. The van der Waals surface area contributed by atoms with Gasteiger partial charge >= 0.3 is 0 Å². The summed E-state index contributed by atoms with van der Waals surface area (Å²) in [5.41, 5.74) is 0.383. The monoisotopic (exact) mass is 195 g/mol. The third kappa shape index (κ3) is 3.10. The smallest absolute Gasteiger partial charge is 0.270 e. The van der Waals surface area contributed by atoms with Crippen LogP contribution in [0.3, 0.4) is 0 Å². The van der Waals surface area contributed by atoms with E-state index in [2.05, 4.69) is 15.3 Å². The standard InChI is InChI=1S/C9H13N3O2/c1-7-10-4-3-8(12-7)9(13)11-5-6-14-2/h3-4H,5-6H2,1-2H3,(H,11,13). The summed E-state index contributed by atoms with van der Waals surface area (Å²) in [4.78, 5) is 19.3. The Balaban J connectivity index is 2.52. The molecule has 1 heterocycles. The highest BCUT2D eigenvalue weighted by atomic mass is 16.5. The maximum Gasteiger partial charge on any atom is 0.270 e. The molecule has 1 aromatic heterocycles. The van der Waals surface area contributed by atoms with Gasteiger partial charge in [0.25, 0.3) is 5.91 Å². The summed E-state index contributed by atoms with van der Waals surface area (Å²) in [5, 5.41) is 2.67. The summed E-state index contributed by atoms with van der Waals surface area (Å²) in [5.74, 6) is 0.386. The molecule has 1 amide bonds. The van der Waals surface area contributed by atoms with Crippen LogP contribution in [0.4, 0.5) is 0 Å². The Morgan fingerprint density at radius 1 is 1.64 bits per heavy atom. The van der Waals surface area contributed by atoms with Crippen molar-refractivity contribution in [2.75, 3.05) is 20.3 Å². The fourth-order valence-electron chi connectivity index (χ4n) is 0.940. The fraction of sp³-hybridized carbons (Fsp3) is 0.444. The van der Waals surface area contributed by atoms with E-state index in [1.165, 1.54) is 0 Å². The number of aryl methyl sites for hydroxylation is 1. The summed E-state index contributed by atoms with van der Waals surface area (Å²) in [6, 6.07) is 1.58. The van der Waals surface area contributed by atoms with Crippen molar-refractivity contribution in [1.29, 1.82) is 0 Å². The first kappa shape index (κ1) is 10.6. The van der Waals surface area contributed by atoms with E-state index < -0.39 is 0 Å². The Labute approximate surface area is 82.5 Å². The number of hydrogen-bond donors (Lipinski definition) is 1. The van der Waals surface area contributed by atoms with Crippen molar-refractivity contribution < 1.29 is 9.53 Å². The van der Waals surface area contributed by atoms with Gasteiger partial charge < -0.3 is 10.1 Å². The van der Waals surface area contributed by atoms with Crippen LogP contribution in [0.1, 0.15) is 16.3 Å². The van der Waals surface area contributed by atoms with Crippen LogP contribution in [0.5, 0.6) is 0 Å². The molecule has 0 aliphatic rings. The average Bonchev–Trinajstić information content (AvgIpc) is 2.18. The molecule has 5 heteroatoms. The molecule has 0 bridgehead atoms. The van der Waals surface area contributed by atoms with Crippen LogP contribution < -0.4 is 5.32 Å². The van der Waals surface area contributed by atoms with Crippen molar-refractivity contribution in [3.8, 4) is 0 Å². The molecule has 0 spiro atoms. The highest BCUT2D eigenvalue weighted by molar-refractivity contribution is 5.92. The van der Waals surface area contributed by atoms with Crippen LogP contribution >= 0.6 is 0 Å². The molecule has 1 N–H and O–H groups in total. The van der Waals surface area contributed by atoms with Crippen LogP contribution in [0.2, 0.25) is 0 Å². The van der Waals surface area contributed by atoms with Crippen LogP contribution in [0.25, 0.3) is 0 Å². The summed E-state index contributed by atoms with van der Waals surface area (Å²) in [7, 11) is 1.58. The second-order valence-corrected chi connectivity index (χ2v) is 2.74. The second-order valence-electron chi connectivity index (χ2n) is 2.74. The van der Waals surface area contributed by atoms with E-state index in [1.807, 2.05) is 0 Å². The van der Waals surface area contributed by atoms with Crippen molar-refractivity contribution in [2.24, 2.45) is 0 Å². The number of aromatic nitrogens is 2. The molecule has 0 unspecified atom stereocenters. The molecular formula is C9H13N3O2. The molecule has 1 rings (SSSR count). The molecule has 1 aromatic rings. The lowest BCUT2D eigenvalue weighted by atomic mass is 10.3. The molecule has 0 aliphatic carbocycles. The van der Waals surface area contributed by atoms with Gasteiger partial charge in [0.2, 0.25) is 0 Å².